The molecule has 0 fully saturated rings. The van der Waals surface area contributed by atoms with Crippen molar-refractivity contribution in [3.8, 4) is 11.5 Å². The molecule has 5 nitrogen and oxygen atoms in total. The quantitative estimate of drug-likeness (QED) is 0.637. The van der Waals surface area contributed by atoms with Crippen LogP contribution in [0.1, 0.15) is 29.3 Å². The minimum atomic E-state index is 0.0607. The van der Waals surface area contributed by atoms with Crippen LogP contribution in [0.2, 0.25) is 0 Å². The zero-order valence-electron chi connectivity index (χ0n) is 15.5. The summed E-state index contributed by atoms with van der Waals surface area (Å²) >= 11 is 1.61. The van der Waals surface area contributed by atoms with Gasteiger partial charge < -0.3 is 9.47 Å². The molecular weight excluding hydrogens is 358 g/mol. The summed E-state index contributed by atoms with van der Waals surface area (Å²) < 4.78 is 10.9. The molecule has 0 radical (unpaired) electrons. The third-order valence-corrected chi connectivity index (χ3v) is 5.56. The van der Waals surface area contributed by atoms with E-state index >= 15 is 0 Å². The van der Waals surface area contributed by atoms with E-state index in [1.165, 1.54) is 0 Å². The van der Waals surface area contributed by atoms with Crippen LogP contribution in [0.5, 0.6) is 11.5 Å². The zero-order valence-corrected chi connectivity index (χ0v) is 16.4. The Morgan fingerprint density at radius 2 is 1.81 bits per heavy atom. The fraction of sp³-hybridized carbons (Fsp3) is 0.238. The van der Waals surface area contributed by atoms with Crippen LogP contribution in [-0.2, 0) is 0 Å². The van der Waals surface area contributed by atoms with Gasteiger partial charge in [-0.25, -0.2) is 9.99 Å². The molecule has 0 spiro atoms. The second-order valence-electron chi connectivity index (χ2n) is 6.36. The molecule has 2 aromatic carbocycles. The fourth-order valence-electron chi connectivity index (χ4n) is 3.26. The average Bonchev–Trinajstić information content (AvgIpc) is 3.34. The molecule has 1 atom stereocenters. The first-order valence-corrected chi connectivity index (χ1v) is 9.63. The number of aryl methyl sites for hydroxylation is 1. The summed E-state index contributed by atoms with van der Waals surface area (Å²) in [4.78, 5) is 4.65. The molecule has 1 aliphatic rings. The standard InChI is InChI=1S/C21H21N3O2S/c1-14-13-27-21(22-14)24-18(12-17(23-24)15-7-5-4-6-8-15)16-9-10-19(25-2)20(11-16)26-3/h4-11,13,18H,12H2,1-3H3/t18-/m0/s1. The first-order valence-electron chi connectivity index (χ1n) is 8.76. The van der Waals surface area contributed by atoms with Crippen molar-refractivity contribution in [2.75, 3.05) is 19.2 Å². The Morgan fingerprint density at radius 1 is 1.04 bits per heavy atom. The molecule has 1 aromatic heterocycles. The van der Waals surface area contributed by atoms with Gasteiger partial charge in [-0.05, 0) is 30.2 Å². The lowest BCUT2D eigenvalue weighted by Gasteiger charge is -2.22. The Balaban J connectivity index is 1.75. The molecule has 2 heterocycles. The first kappa shape index (κ1) is 17.5. The summed E-state index contributed by atoms with van der Waals surface area (Å²) in [5, 5.41) is 9.91. The van der Waals surface area contributed by atoms with Gasteiger partial charge in [0.1, 0.15) is 0 Å². The fourth-order valence-corrected chi connectivity index (χ4v) is 4.06. The van der Waals surface area contributed by atoms with E-state index in [-0.39, 0.29) is 6.04 Å². The van der Waals surface area contributed by atoms with Crippen LogP contribution < -0.4 is 14.5 Å². The van der Waals surface area contributed by atoms with Gasteiger partial charge in [-0.15, -0.1) is 11.3 Å². The number of methoxy groups -OCH3 is 2. The van der Waals surface area contributed by atoms with Gasteiger partial charge in [-0.1, -0.05) is 36.4 Å². The molecule has 0 aliphatic carbocycles. The van der Waals surface area contributed by atoms with Gasteiger partial charge in [-0.2, -0.15) is 5.10 Å². The van der Waals surface area contributed by atoms with Gasteiger partial charge in [0, 0.05) is 11.8 Å². The molecule has 0 N–H and O–H groups in total. The Labute approximate surface area is 162 Å². The largest absolute Gasteiger partial charge is 0.493 e. The second kappa shape index (κ2) is 7.40. The summed E-state index contributed by atoms with van der Waals surface area (Å²) in [6, 6.07) is 16.4. The molecule has 3 aromatic rings. The SMILES string of the molecule is COc1ccc([C@@H]2CC(c3ccccc3)=NN2c2nc(C)cs2)cc1OC. The molecule has 27 heavy (non-hydrogen) atoms. The van der Waals surface area contributed by atoms with Crippen molar-refractivity contribution >= 4 is 22.2 Å². The summed E-state index contributed by atoms with van der Waals surface area (Å²) in [6.07, 6.45) is 0.804. The Bertz CT molecular complexity index is 969. The highest BCUT2D eigenvalue weighted by atomic mass is 32.1. The van der Waals surface area contributed by atoms with Crippen LogP contribution in [0, 0.1) is 6.92 Å². The highest BCUT2D eigenvalue weighted by molar-refractivity contribution is 7.13. The number of ether oxygens (including phenoxy) is 2. The predicted octanol–water partition coefficient (Wildman–Crippen LogP) is 4.82. The number of hydrogen-bond donors (Lipinski definition) is 0. The number of nitrogens with zero attached hydrogens (tertiary/aromatic N) is 3. The lowest BCUT2D eigenvalue weighted by Crippen LogP contribution is -2.18. The molecule has 0 saturated heterocycles. The van der Waals surface area contributed by atoms with Crippen molar-refractivity contribution in [1.82, 2.24) is 4.98 Å². The van der Waals surface area contributed by atoms with Crippen molar-refractivity contribution in [1.29, 1.82) is 0 Å². The highest BCUT2D eigenvalue weighted by Gasteiger charge is 2.32. The van der Waals surface area contributed by atoms with E-state index in [1.807, 2.05) is 42.3 Å². The maximum absolute atomic E-state index is 5.50. The number of aromatic nitrogens is 1. The van der Waals surface area contributed by atoms with Crippen LogP contribution in [0.3, 0.4) is 0 Å². The third kappa shape index (κ3) is 3.40. The first-order chi connectivity index (χ1) is 13.2. The van der Waals surface area contributed by atoms with Crippen LogP contribution in [0.4, 0.5) is 5.13 Å². The maximum Gasteiger partial charge on any atom is 0.206 e. The maximum atomic E-state index is 5.50. The molecule has 1 aliphatic heterocycles. The number of rotatable bonds is 5. The van der Waals surface area contributed by atoms with Gasteiger partial charge in [0.2, 0.25) is 5.13 Å². The van der Waals surface area contributed by atoms with Crippen LogP contribution in [-0.4, -0.2) is 24.9 Å². The zero-order chi connectivity index (χ0) is 18.8. The number of benzene rings is 2. The van der Waals surface area contributed by atoms with E-state index in [0.717, 1.165) is 45.6 Å². The predicted molar refractivity (Wildman–Crippen MR) is 109 cm³/mol. The van der Waals surface area contributed by atoms with Crippen LogP contribution in [0.25, 0.3) is 0 Å². The smallest absolute Gasteiger partial charge is 0.206 e. The van der Waals surface area contributed by atoms with E-state index in [0.29, 0.717) is 0 Å². The summed E-state index contributed by atoms with van der Waals surface area (Å²) in [6.45, 7) is 2.00. The minimum absolute atomic E-state index is 0.0607. The van der Waals surface area contributed by atoms with Crippen LogP contribution in [0.15, 0.2) is 59.0 Å². The van der Waals surface area contributed by atoms with E-state index in [4.69, 9.17) is 14.6 Å². The van der Waals surface area contributed by atoms with Gasteiger partial charge in [-0.3, -0.25) is 0 Å². The van der Waals surface area contributed by atoms with Crippen LogP contribution >= 0.6 is 11.3 Å². The Kier molecular flexibility index (Phi) is 4.81. The lowest BCUT2D eigenvalue weighted by atomic mass is 9.98. The number of thiazole rings is 1. The second-order valence-corrected chi connectivity index (χ2v) is 7.20. The van der Waals surface area contributed by atoms with Crippen molar-refractivity contribution < 1.29 is 9.47 Å². The molecule has 4 rings (SSSR count). The number of hydrazone groups is 1. The van der Waals surface area contributed by atoms with Crippen molar-refractivity contribution in [3.63, 3.8) is 0 Å². The normalized spacial score (nSPS) is 16.3. The van der Waals surface area contributed by atoms with E-state index in [9.17, 15) is 0 Å². The topological polar surface area (TPSA) is 47.0 Å². The summed E-state index contributed by atoms with van der Waals surface area (Å²) in [5.74, 6) is 1.44. The number of anilines is 1. The monoisotopic (exact) mass is 379 g/mol. The molecule has 0 unspecified atom stereocenters. The van der Waals surface area contributed by atoms with E-state index in [1.54, 1.807) is 25.6 Å². The Morgan fingerprint density at radius 3 is 2.48 bits per heavy atom. The van der Waals surface area contributed by atoms with E-state index in [2.05, 4.69) is 28.6 Å². The van der Waals surface area contributed by atoms with Crippen molar-refractivity contribution in [2.24, 2.45) is 5.10 Å². The van der Waals surface area contributed by atoms with E-state index < -0.39 is 0 Å². The number of hydrogen-bond acceptors (Lipinski definition) is 6. The summed E-state index contributed by atoms with van der Waals surface area (Å²) in [5.41, 5.74) is 4.32. The third-order valence-electron chi connectivity index (χ3n) is 4.61. The minimum Gasteiger partial charge on any atom is -0.493 e. The molecule has 0 saturated carbocycles. The molecule has 0 bridgehead atoms. The molecule has 0 amide bonds. The van der Waals surface area contributed by atoms with Gasteiger partial charge >= 0.3 is 0 Å². The molecule has 138 valence electrons. The highest BCUT2D eigenvalue weighted by Crippen LogP contribution is 2.40. The lowest BCUT2D eigenvalue weighted by molar-refractivity contribution is 0.354. The average molecular weight is 379 g/mol. The molecular formula is C21H21N3O2S. The molecule has 6 heteroatoms. The Hall–Kier alpha value is -2.86. The van der Waals surface area contributed by atoms with Gasteiger partial charge in [0.25, 0.3) is 0 Å². The summed E-state index contributed by atoms with van der Waals surface area (Å²) in [7, 11) is 3.30. The van der Waals surface area contributed by atoms with Gasteiger partial charge in [0.15, 0.2) is 11.5 Å². The van der Waals surface area contributed by atoms with Gasteiger partial charge in [0.05, 0.1) is 31.7 Å². The van der Waals surface area contributed by atoms with Crippen molar-refractivity contribution in [2.45, 2.75) is 19.4 Å². The van der Waals surface area contributed by atoms with Crippen molar-refractivity contribution in [3.05, 3.63) is 70.7 Å².